The summed E-state index contributed by atoms with van der Waals surface area (Å²) in [5, 5.41) is 2.08. The molecule has 33 heavy (non-hydrogen) atoms. The van der Waals surface area contributed by atoms with Crippen molar-refractivity contribution in [1.82, 2.24) is 0 Å². The molecule has 0 aromatic heterocycles. The minimum Gasteiger partial charge on any atom is -0.158 e. The second-order valence-electron chi connectivity index (χ2n) is 14.3. The number of hydrogen-bond donors (Lipinski definition) is 0. The highest BCUT2D eigenvalue weighted by atomic mass is 32.2. The lowest BCUT2D eigenvalue weighted by Crippen LogP contribution is -2.47. The molecule has 188 valence electrons. The molecule has 0 radical (unpaired) electrons. The van der Waals surface area contributed by atoms with Gasteiger partial charge in [-0.3, -0.25) is 0 Å². The molecule has 6 fully saturated rings. The van der Waals surface area contributed by atoms with E-state index in [0.717, 1.165) is 68.9 Å². The Morgan fingerprint density at radius 2 is 0.939 bits per heavy atom. The Labute approximate surface area is 215 Å². The van der Waals surface area contributed by atoms with Crippen molar-refractivity contribution in [3.8, 4) is 0 Å². The van der Waals surface area contributed by atoms with Gasteiger partial charge in [-0.1, -0.05) is 91.1 Å². The zero-order valence-corrected chi connectivity index (χ0v) is 24.8. The average Bonchev–Trinajstić information content (AvgIpc) is 3.54. The zero-order chi connectivity index (χ0) is 22.7. The molecule has 0 aromatic rings. The van der Waals surface area contributed by atoms with Gasteiger partial charge in [0.2, 0.25) is 0 Å². The van der Waals surface area contributed by atoms with Gasteiger partial charge in [-0.2, -0.15) is 23.5 Å². The van der Waals surface area contributed by atoms with Crippen molar-refractivity contribution < 1.29 is 0 Å². The van der Waals surface area contributed by atoms with Crippen LogP contribution in [0.1, 0.15) is 90.9 Å². The van der Waals surface area contributed by atoms with Crippen LogP contribution in [-0.4, -0.2) is 30.1 Å². The van der Waals surface area contributed by atoms with Gasteiger partial charge >= 0.3 is 0 Å². The minimum atomic E-state index is -1.33. The van der Waals surface area contributed by atoms with E-state index in [0.29, 0.717) is 0 Å². The quantitative estimate of drug-likeness (QED) is 0.350. The molecule has 0 amide bonds. The molecule has 0 N–H and O–H groups in total. The molecular weight excluding hydrogens is 453 g/mol. The van der Waals surface area contributed by atoms with E-state index in [2.05, 4.69) is 50.5 Å². The summed E-state index contributed by atoms with van der Waals surface area (Å²) < 4.78 is 0. The lowest BCUT2D eigenvalue weighted by atomic mass is 9.74. The molecule has 0 aromatic carbocycles. The summed E-state index contributed by atoms with van der Waals surface area (Å²) in [6.07, 6.45) is 18.6. The first-order valence-electron chi connectivity index (χ1n) is 15.2. The molecule has 4 aliphatic carbocycles. The van der Waals surface area contributed by atoms with Gasteiger partial charge in [0.25, 0.3) is 0 Å². The molecule has 0 spiro atoms. The highest BCUT2D eigenvalue weighted by Gasteiger charge is 2.62. The number of hydrogen-bond acceptors (Lipinski definition) is 2. The van der Waals surface area contributed by atoms with Gasteiger partial charge in [-0.05, 0) is 82.8 Å². The van der Waals surface area contributed by atoms with Crippen molar-refractivity contribution >= 4 is 31.6 Å². The van der Waals surface area contributed by atoms with Crippen LogP contribution in [0.3, 0.4) is 0 Å². The molecule has 2 saturated heterocycles. The van der Waals surface area contributed by atoms with Crippen LogP contribution < -0.4 is 0 Å². The third-order valence-corrected chi connectivity index (χ3v) is 21.3. The van der Waals surface area contributed by atoms with Crippen LogP contribution in [0.25, 0.3) is 0 Å². The predicted molar refractivity (Wildman–Crippen MR) is 152 cm³/mol. The molecule has 10 atom stereocenters. The van der Waals surface area contributed by atoms with E-state index in [1.54, 1.807) is 38.5 Å². The summed E-state index contributed by atoms with van der Waals surface area (Å²) in [5.41, 5.74) is 2.20. The molecule has 4 saturated carbocycles. The summed E-state index contributed by atoms with van der Waals surface area (Å²) in [6, 6.07) is 0. The topological polar surface area (TPSA) is 0 Å². The normalized spacial score (nSPS) is 49.5. The molecule has 2 heterocycles. The molecule has 0 nitrogen and oxygen atoms in total. The fourth-order valence-electron chi connectivity index (χ4n) is 11.2. The first-order chi connectivity index (χ1) is 16.0. The fraction of sp³-hybridized carbons (Fsp3) is 1.00. The van der Waals surface area contributed by atoms with E-state index >= 15 is 0 Å². The van der Waals surface area contributed by atoms with Crippen molar-refractivity contribution in [1.29, 1.82) is 0 Å². The van der Waals surface area contributed by atoms with Crippen LogP contribution in [-0.2, 0) is 0 Å². The van der Waals surface area contributed by atoms with E-state index in [1.165, 1.54) is 50.0 Å². The Morgan fingerprint density at radius 3 is 1.33 bits per heavy atom. The van der Waals surface area contributed by atoms with Crippen LogP contribution in [0.5, 0.6) is 0 Å². The minimum absolute atomic E-state index is 1.01. The first-order valence-corrected chi connectivity index (χ1v) is 20.4. The molecule has 6 rings (SSSR count). The van der Waals surface area contributed by atoms with Crippen LogP contribution in [0.4, 0.5) is 0 Å². The van der Waals surface area contributed by atoms with Gasteiger partial charge in [-0.15, -0.1) is 0 Å². The van der Waals surface area contributed by atoms with Crippen molar-refractivity contribution in [2.45, 2.75) is 126 Å². The van der Waals surface area contributed by atoms with Gasteiger partial charge in [-0.25, -0.2) is 0 Å². The van der Waals surface area contributed by atoms with Crippen LogP contribution in [0.2, 0.25) is 24.2 Å². The van der Waals surface area contributed by atoms with Gasteiger partial charge < -0.3 is 0 Å². The Bertz CT molecular complexity index is 625. The average molecular weight is 505 g/mol. The SMILES string of the molecule is CC1CC2C(C3CCCCC3)CSC2C1[Si](C)(C)C1C(C)CC2C(C3CCCCC3)CSC21. The van der Waals surface area contributed by atoms with Crippen LogP contribution in [0.15, 0.2) is 0 Å². The van der Waals surface area contributed by atoms with Crippen molar-refractivity contribution in [3.05, 3.63) is 0 Å². The molecule has 2 aliphatic heterocycles. The van der Waals surface area contributed by atoms with E-state index in [9.17, 15) is 0 Å². The molecular formula is C30H52S2Si. The maximum Gasteiger partial charge on any atom is 0.0563 e. The summed E-state index contributed by atoms with van der Waals surface area (Å²) in [6.45, 7) is 11.2. The molecule has 10 unspecified atom stereocenters. The van der Waals surface area contributed by atoms with Crippen molar-refractivity contribution in [3.63, 3.8) is 0 Å². The summed E-state index contributed by atoms with van der Waals surface area (Å²) in [7, 11) is -1.33. The number of rotatable bonds is 4. The summed E-state index contributed by atoms with van der Waals surface area (Å²) in [5.74, 6) is 11.6. The highest BCUT2D eigenvalue weighted by molar-refractivity contribution is 8.00. The summed E-state index contributed by atoms with van der Waals surface area (Å²) >= 11 is 4.98. The maximum absolute atomic E-state index is 2.91. The van der Waals surface area contributed by atoms with Gasteiger partial charge in [0, 0.05) is 10.5 Å². The van der Waals surface area contributed by atoms with Crippen molar-refractivity contribution in [2.75, 3.05) is 11.5 Å². The standard InChI is InChI=1S/C30H52S2Si/c1-19-15-23-25(21-11-7-5-8-12-21)17-31-27(23)29(19)33(3,4)30-20(2)16-24-26(18-32-28(24)30)22-13-9-6-10-14-22/h19-30H,5-18H2,1-4H3. The molecule has 6 aliphatic rings. The number of thioether (sulfide) groups is 2. The third kappa shape index (κ3) is 4.16. The Balaban J connectivity index is 1.19. The van der Waals surface area contributed by atoms with Crippen molar-refractivity contribution in [2.24, 2.45) is 47.3 Å². The van der Waals surface area contributed by atoms with E-state index in [4.69, 9.17) is 0 Å². The largest absolute Gasteiger partial charge is 0.158 e. The maximum atomic E-state index is 2.91. The van der Waals surface area contributed by atoms with Gasteiger partial charge in [0.1, 0.15) is 0 Å². The summed E-state index contributed by atoms with van der Waals surface area (Å²) in [4.78, 5) is 0. The second kappa shape index (κ2) is 9.66. The zero-order valence-electron chi connectivity index (χ0n) is 22.1. The first kappa shape index (κ1) is 24.3. The Kier molecular flexibility index (Phi) is 7.10. The van der Waals surface area contributed by atoms with Crippen LogP contribution >= 0.6 is 23.5 Å². The van der Waals surface area contributed by atoms with E-state index < -0.39 is 8.07 Å². The smallest absolute Gasteiger partial charge is 0.0563 e. The fourth-order valence-corrected chi connectivity index (χ4v) is 23.7. The lowest BCUT2D eigenvalue weighted by molar-refractivity contribution is 0.209. The lowest BCUT2D eigenvalue weighted by Gasteiger charge is -2.44. The third-order valence-electron chi connectivity index (χ3n) is 12.4. The Morgan fingerprint density at radius 1 is 0.545 bits per heavy atom. The van der Waals surface area contributed by atoms with Gasteiger partial charge in [0.05, 0.1) is 8.07 Å². The second-order valence-corrected chi connectivity index (χ2v) is 21.7. The monoisotopic (exact) mass is 504 g/mol. The number of fused-ring (bicyclic) bond motifs is 2. The molecule has 3 heteroatoms. The van der Waals surface area contributed by atoms with E-state index in [-0.39, 0.29) is 0 Å². The van der Waals surface area contributed by atoms with Gasteiger partial charge in [0.15, 0.2) is 0 Å². The Hall–Kier alpha value is 0.917. The highest BCUT2D eigenvalue weighted by Crippen LogP contribution is 2.67. The molecule has 0 bridgehead atoms. The predicted octanol–water partition coefficient (Wildman–Crippen LogP) is 9.37. The van der Waals surface area contributed by atoms with E-state index in [1.807, 2.05) is 0 Å². The van der Waals surface area contributed by atoms with Crippen LogP contribution in [0, 0.1) is 47.3 Å².